The minimum absolute atomic E-state index is 0.0406. The molecule has 1 aliphatic rings. The van der Waals surface area contributed by atoms with E-state index in [0.717, 1.165) is 11.4 Å². The summed E-state index contributed by atoms with van der Waals surface area (Å²) in [5.41, 5.74) is 1.16. The Labute approximate surface area is 194 Å². The van der Waals surface area contributed by atoms with E-state index in [1.165, 1.54) is 0 Å². The van der Waals surface area contributed by atoms with Crippen LogP contribution in [0.5, 0.6) is 23.0 Å². The molecule has 0 radical (unpaired) electrons. The molecule has 33 heavy (non-hydrogen) atoms. The Morgan fingerprint density at radius 1 is 0.909 bits per heavy atom. The SMILES string of the molecule is CCOc1ccc(N2CC(NC(=O)c3cc(OCC)c(OCC)c(OCC)c3)CC2=O)cc1. The maximum Gasteiger partial charge on any atom is 0.251 e. The van der Waals surface area contributed by atoms with Gasteiger partial charge in [0.15, 0.2) is 11.5 Å². The molecule has 2 amide bonds. The summed E-state index contributed by atoms with van der Waals surface area (Å²) in [7, 11) is 0. The van der Waals surface area contributed by atoms with Crippen LogP contribution in [-0.4, -0.2) is 50.8 Å². The van der Waals surface area contributed by atoms with Gasteiger partial charge in [0.1, 0.15) is 5.75 Å². The van der Waals surface area contributed by atoms with Crippen molar-refractivity contribution in [1.82, 2.24) is 5.32 Å². The van der Waals surface area contributed by atoms with E-state index in [-0.39, 0.29) is 24.3 Å². The maximum absolute atomic E-state index is 13.0. The van der Waals surface area contributed by atoms with Crippen molar-refractivity contribution in [2.45, 2.75) is 40.2 Å². The Morgan fingerprint density at radius 3 is 2.03 bits per heavy atom. The molecule has 1 saturated heterocycles. The quantitative estimate of drug-likeness (QED) is 0.553. The molecular formula is C25H32N2O6. The second kappa shape index (κ2) is 11.4. The lowest BCUT2D eigenvalue weighted by molar-refractivity contribution is -0.117. The number of hydrogen-bond acceptors (Lipinski definition) is 6. The Morgan fingerprint density at radius 2 is 1.48 bits per heavy atom. The number of nitrogens with zero attached hydrogens (tertiary/aromatic N) is 1. The van der Waals surface area contributed by atoms with Gasteiger partial charge in [0, 0.05) is 24.2 Å². The van der Waals surface area contributed by atoms with E-state index in [1.54, 1.807) is 17.0 Å². The number of rotatable bonds is 11. The molecule has 0 aliphatic carbocycles. The van der Waals surface area contributed by atoms with Gasteiger partial charge in [-0.1, -0.05) is 0 Å². The van der Waals surface area contributed by atoms with E-state index in [1.807, 2.05) is 52.0 Å². The van der Waals surface area contributed by atoms with E-state index >= 15 is 0 Å². The van der Waals surface area contributed by atoms with Crippen LogP contribution in [0.25, 0.3) is 0 Å². The summed E-state index contributed by atoms with van der Waals surface area (Å²) in [6.07, 6.45) is 0.229. The zero-order valence-electron chi connectivity index (χ0n) is 19.7. The first-order valence-electron chi connectivity index (χ1n) is 11.4. The summed E-state index contributed by atoms with van der Waals surface area (Å²) in [5.74, 6) is 1.80. The third-order valence-corrected chi connectivity index (χ3v) is 5.09. The van der Waals surface area contributed by atoms with Gasteiger partial charge in [-0.3, -0.25) is 9.59 Å². The van der Waals surface area contributed by atoms with Gasteiger partial charge >= 0.3 is 0 Å². The predicted octanol–water partition coefficient (Wildman–Crippen LogP) is 3.82. The highest BCUT2D eigenvalue weighted by atomic mass is 16.5. The smallest absolute Gasteiger partial charge is 0.251 e. The Hall–Kier alpha value is -3.42. The van der Waals surface area contributed by atoms with Crippen LogP contribution in [0.15, 0.2) is 36.4 Å². The Kier molecular flexibility index (Phi) is 8.40. The maximum atomic E-state index is 13.0. The molecule has 1 fully saturated rings. The van der Waals surface area contributed by atoms with Crippen LogP contribution in [0.2, 0.25) is 0 Å². The summed E-state index contributed by atoms with van der Waals surface area (Å²) < 4.78 is 22.6. The monoisotopic (exact) mass is 456 g/mol. The van der Waals surface area contributed by atoms with Crippen molar-refractivity contribution in [3.8, 4) is 23.0 Å². The average Bonchev–Trinajstić information content (AvgIpc) is 3.16. The van der Waals surface area contributed by atoms with Crippen molar-refractivity contribution in [2.75, 3.05) is 37.9 Å². The second-order valence-electron chi connectivity index (χ2n) is 7.41. The largest absolute Gasteiger partial charge is 0.494 e. The molecule has 8 heteroatoms. The van der Waals surface area contributed by atoms with E-state index in [9.17, 15) is 9.59 Å². The number of carbonyl (C=O) groups excluding carboxylic acids is 2. The first-order chi connectivity index (χ1) is 16.0. The summed E-state index contributed by atoms with van der Waals surface area (Å²) in [5, 5.41) is 2.97. The zero-order chi connectivity index (χ0) is 23.8. The van der Waals surface area contributed by atoms with Gasteiger partial charge in [-0.15, -0.1) is 0 Å². The lowest BCUT2D eigenvalue weighted by atomic mass is 10.1. The molecule has 2 aromatic carbocycles. The van der Waals surface area contributed by atoms with E-state index in [2.05, 4.69) is 5.32 Å². The molecule has 0 spiro atoms. The van der Waals surface area contributed by atoms with Gasteiger partial charge in [0.25, 0.3) is 5.91 Å². The molecule has 0 bridgehead atoms. The molecule has 3 rings (SSSR count). The molecule has 0 aromatic heterocycles. The Balaban J connectivity index is 1.74. The third-order valence-electron chi connectivity index (χ3n) is 5.09. The van der Waals surface area contributed by atoms with Gasteiger partial charge in [0.05, 0.1) is 32.5 Å². The lowest BCUT2D eigenvalue weighted by Crippen LogP contribution is -2.37. The van der Waals surface area contributed by atoms with Crippen LogP contribution in [0.3, 0.4) is 0 Å². The van der Waals surface area contributed by atoms with Gasteiger partial charge in [-0.25, -0.2) is 0 Å². The van der Waals surface area contributed by atoms with Crippen molar-refractivity contribution >= 4 is 17.5 Å². The molecule has 2 aromatic rings. The van der Waals surface area contributed by atoms with Crippen LogP contribution >= 0.6 is 0 Å². The summed E-state index contributed by atoms with van der Waals surface area (Å²) in [6, 6.07) is 10.4. The normalized spacial score (nSPS) is 15.3. The van der Waals surface area contributed by atoms with Crippen molar-refractivity contribution in [1.29, 1.82) is 0 Å². The van der Waals surface area contributed by atoms with Crippen LogP contribution in [-0.2, 0) is 4.79 Å². The van der Waals surface area contributed by atoms with E-state index in [4.69, 9.17) is 18.9 Å². The molecule has 1 unspecified atom stereocenters. The number of nitrogens with one attached hydrogen (secondary N) is 1. The summed E-state index contributed by atoms with van der Waals surface area (Å²) in [4.78, 5) is 27.3. The van der Waals surface area contributed by atoms with Crippen molar-refractivity contribution in [3.05, 3.63) is 42.0 Å². The van der Waals surface area contributed by atoms with Gasteiger partial charge in [0.2, 0.25) is 11.7 Å². The molecule has 1 aliphatic heterocycles. The fourth-order valence-corrected chi connectivity index (χ4v) is 3.73. The lowest BCUT2D eigenvalue weighted by Gasteiger charge is -2.19. The molecule has 0 saturated carbocycles. The number of amides is 2. The molecule has 8 nitrogen and oxygen atoms in total. The number of carbonyl (C=O) groups is 2. The van der Waals surface area contributed by atoms with Crippen LogP contribution in [0.1, 0.15) is 44.5 Å². The number of ether oxygens (including phenoxy) is 4. The summed E-state index contributed by atoms with van der Waals surface area (Å²) in [6.45, 7) is 9.78. The second-order valence-corrected chi connectivity index (χ2v) is 7.41. The van der Waals surface area contributed by atoms with Crippen LogP contribution in [0, 0.1) is 0 Å². The zero-order valence-corrected chi connectivity index (χ0v) is 19.7. The molecule has 1 N–H and O–H groups in total. The third kappa shape index (κ3) is 5.88. The fourth-order valence-electron chi connectivity index (χ4n) is 3.73. The Bertz CT molecular complexity index is 933. The first kappa shape index (κ1) is 24.2. The van der Waals surface area contributed by atoms with Crippen molar-refractivity contribution in [2.24, 2.45) is 0 Å². The fraction of sp³-hybridized carbons (Fsp3) is 0.440. The molecule has 178 valence electrons. The van der Waals surface area contributed by atoms with Crippen LogP contribution in [0.4, 0.5) is 5.69 Å². The minimum Gasteiger partial charge on any atom is -0.494 e. The number of hydrogen-bond donors (Lipinski definition) is 1. The van der Waals surface area contributed by atoms with Crippen LogP contribution < -0.4 is 29.2 Å². The van der Waals surface area contributed by atoms with E-state index < -0.39 is 0 Å². The predicted molar refractivity (Wildman–Crippen MR) is 126 cm³/mol. The standard InChI is InChI=1S/C25H32N2O6/c1-5-30-20-11-9-19(10-12-20)27-16-18(15-23(27)28)26-25(29)17-13-21(31-6-2)24(33-8-4)22(14-17)32-7-3/h9-14,18H,5-8,15-16H2,1-4H3,(H,26,29). The first-order valence-corrected chi connectivity index (χ1v) is 11.4. The topological polar surface area (TPSA) is 86.3 Å². The summed E-state index contributed by atoms with van der Waals surface area (Å²) >= 11 is 0. The highest BCUT2D eigenvalue weighted by molar-refractivity contribution is 5.99. The molecule has 1 atom stereocenters. The minimum atomic E-state index is -0.311. The number of anilines is 1. The van der Waals surface area contributed by atoms with Gasteiger partial charge in [-0.05, 0) is 64.1 Å². The average molecular weight is 457 g/mol. The highest BCUT2D eigenvalue weighted by Gasteiger charge is 2.32. The van der Waals surface area contributed by atoms with E-state index in [0.29, 0.717) is 55.8 Å². The van der Waals surface area contributed by atoms with Crippen molar-refractivity contribution < 1.29 is 28.5 Å². The molecule has 1 heterocycles. The van der Waals surface area contributed by atoms with Gasteiger partial charge < -0.3 is 29.2 Å². The number of benzene rings is 2. The van der Waals surface area contributed by atoms with Crippen molar-refractivity contribution in [3.63, 3.8) is 0 Å². The van der Waals surface area contributed by atoms with Gasteiger partial charge in [-0.2, -0.15) is 0 Å². The molecular weight excluding hydrogens is 424 g/mol. The highest BCUT2D eigenvalue weighted by Crippen LogP contribution is 2.39.